The number of hydrogen-bond acceptors (Lipinski definition) is 2. The maximum atomic E-state index is 15.1. The van der Waals surface area contributed by atoms with Crippen molar-refractivity contribution in [3.8, 4) is 0 Å². The molecule has 3 aliphatic rings. The van der Waals surface area contributed by atoms with Crippen LogP contribution < -0.4 is 0 Å². The number of rotatable bonds is 5. The lowest BCUT2D eigenvalue weighted by molar-refractivity contribution is 0.0963. The molecule has 1 heterocycles. The number of halogens is 4. The van der Waals surface area contributed by atoms with E-state index in [-0.39, 0.29) is 41.4 Å². The zero-order valence-corrected chi connectivity index (χ0v) is 19.5. The van der Waals surface area contributed by atoms with E-state index >= 15 is 8.78 Å². The van der Waals surface area contributed by atoms with E-state index in [1.54, 1.807) is 31.2 Å². The molecule has 3 fully saturated rings. The van der Waals surface area contributed by atoms with E-state index in [1.807, 2.05) is 0 Å². The molecule has 2 aromatic carbocycles. The summed E-state index contributed by atoms with van der Waals surface area (Å²) >= 11 is 0. The van der Waals surface area contributed by atoms with Gasteiger partial charge in [-0.3, -0.25) is 0 Å². The van der Waals surface area contributed by atoms with Gasteiger partial charge >= 0.3 is 0 Å². The van der Waals surface area contributed by atoms with Crippen molar-refractivity contribution in [3.63, 3.8) is 0 Å². The fraction of sp³-hybridized carbons (Fsp3) is 0.571. The molecule has 34 heavy (non-hydrogen) atoms. The largest absolute Gasteiger partial charge is 0.393 e. The predicted molar refractivity (Wildman–Crippen MR) is 122 cm³/mol. The van der Waals surface area contributed by atoms with Crippen LogP contribution in [0.5, 0.6) is 0 Å². The van der Waals surface area contributed by atoms with Crippen LogP contribution in [-0.2, 0) is 4.74 Å². The first kappa shape index (κ1) is 23.8. The highest BCUT2D eigenvalue weighted by atomic mass is 19.2. The summed E-state index contributed by atoms with van der Waals surface area (Å²) in [5.74, 6) is -3.17. The first-order valence-corrected chi connectivity index (χ1v) is 12.6. The molecule has 0 spiro atoms. The van der Waals surface area contributed by atoms with Crippen LogP contribution in [0.1, 0.15) is 104 Å². The van der Waals surface area contributed by atoms with Gasteiger partial charge in [0.25, 0.3) is 0 Å². The van der Waals surface area contributed by atoms with Crippen molar-refractivity contribution in [2.45, 2.75) is 88.3 Å². The van der Waals surface area contributed by atoms with Crippen molar-refractivity contribution in [3.05, 3.63) is 69.8 Å². The van der Waals surface area contributed by atoms with E-state index in [1.165, 1.54) is 0 Å². The molecule has 0 aromatic heterocycles. The Morgan fingerprint density at radius 2 is 0.971 bits per heavy atom. The van der Waals surface area contributed by atoms with Gasteiger partial charge in [0.15, 0.2) is 23.3 Å². The van der Waals surface area contributed by atoms with Gasteiger partial charge in [0.2, 0.25) is 0 Å². The third kappa shape index (κ3) is 4.51. The van der Waals surface area contributed by atoms with E-state index in [9.17, 15) is 13.9 Å². The summed E-state index contributed by atoms with van der Waals surface area (Å²) < 4.78 is 64.4. The summed E-state index contributed by atoms with van der Waals surface area (Å²) in [5, 5.41) is 9.79. The Kier molecular flexibility index (Phi) is 6.73. The molecule has 6 heteroatoms. The van der Waals surface area contributed by atoms with E-state index in [2.05, 4.69) is 0 Å². The van der Waals surface area contributed by atoms with Gasteiger partial charge < -0.3 is 9.84 Å². The Balaban J connectivity index is 1.26. The first-order chi connectivity index (χ1) is 16.3. The van der Waals surface area contributed by atoms with E-state index in [4.69, 9.17) is 4.74 Å². The number of hydrogen-bond donors (Lipinski definition) is 1. The minimum Gasteiger partial charge on any atom is -0.393 e. The number of ether oxygens (including phenoxy) is 1. The zero-order valence-electron chi connectivity index (χ0n) is 19.5. The van der Waals surface area contributed by atoms with E-state index in [0.717, 1.165) is 25.7 Å². The molecule has 1 saturated heterocycles. The second-order valence-corrected chi connectivity index (χ2v) is 10.5. The molecule has 2 atom stereocenters. The predicted octanol–water partition coefficient (Wildman–Crippen LogP) is 7.41. The SMILES string of the molecule is CC(O)C1CCC(c2ccc(C3CCC(c4ccc(C5CO5)c(F)c4F)CC3)c(F)c2F)CC1. The van der Waals surface area contributed by atoms with Gasteiger partial charge in [0, 0.05) is 5.56 Å². The average molecular weight is 477 g/mol. The van der Waals surface area contributed by atoms with Crippen molar-refractivity contribution in [2.24, 2.45) is 5.92 Å². The average Bonchev–Trinajstić information content (AvgIpc) is 3.68. The summed E-state index contributed by atoms with van der Waals surface area (Å²) in [5.41, 5.74) is 1.48. The van der Waals surface area contributed by atoms with E-state index < -0.39 is 23.3 Å². The molecule has 2 saturated carbocycles. The van der Waals surface area contributed by atoms with Crippen LogP contribution in [0.4, 0.5) is 17.6 Å². The van der Waals surface area contributed by atoms with Crippen LogP contribution in [0, 0.1) is 29.2 Å². The Morgan fingerprint density at radius 1 is 0.647 bits per heavy atom. The third-order valence-corrected chi connectivity index (χ3v) is 8.47. The van der Waals surface area contributed by atoms with Crippen LogP contribution in [0.3, 0.4) is 0 Å². The first-order valence-electron chi connectivity index (χ1n) is 12.6. The molecule has 0 bridgehead atoms. The molecule has 0 amide bonds. The fourth-order valence-corrected chi connectivity index (χ4v) is 6.21. The second-order valence-electron chi connectivity index (χ2n) is 10.5. The second kappa shape index (κ2) is 9.62. The van der Waals surface area contributed by atoms with Gasteiger partial charge in [-0.2, -0.15) is 0 Å². The molecule has 2 aromatic rings. The Bertz CT molecular complexity index is 1030. The molecule has 5 rings (SSSR count). The Morgan fingerprint density at radius 3 is 1.32 bits per heavy atom. The highest BCUT2D eigenvalue weighted by Crippen LogP contribution is 2.45. The lowest BCUT2D eigenvalue weighted by Crippen LogP contribution is -2.23. The molecular formula is C28H32F4O2. The molecule has 2 aliphatic carbocycles. The van der Waals surface area contributed by atoms with Crippen LogP contribution in [0.15, 0.2) is 24.3 Å². The Hall–Kier alpha value is -1.92. The number of epoxide rings is 1. The third-order valence-electron chi connectivity index (χ3n) is 8.47. The van der Waals surface area contributed by atoms with Gasteiger partial charge in [-0.05, 0) is 98.7 Å². The van der Waals surface area contributed by atoms with Crippen LogP contribution in [0.2, 0.25) is 0 Å². The normalized spacial score (nSPS) is 30.2. The van der Waals surface area contributed by atoms with Crippen molar-refractivity contribution in [1.82, 2.24) is 0 Å². The highest BCUT2D eigenvalue weighted by Gasteiger charge is 2.34. The maximum Gasteiger partial charge on any atom is 0.165 e. The molecule has 184 valence electrons. The summed E-state index contributed by atoms with van der Waals surface area (Å²) in [7, 11) is 0. The molecular weight excluding hydrogens is 444 g/mol. The summed E-state index contributed by atoms with van der Waals surface area (Å²) in [6.45, 7) is 2.21. The van der Waals surface area contributed by atoms with Crippen molar-refractivity contribution in [1.29, 1.82) is 0 Å². The zero-order chi connectivity index (χ0) is 24.0. The van der Waals surface area contributed by atoms with Crippen molar-refractivity contribution >= 4 is 0 Å². The van der Waals surface area contributed by atoms with Gasteiger partial charge in [-0.15, -0.1) is 0 Å². The summed E-state index contributed by atoms with van der Waals surface area (Å²) in [6.07, 6.45) is 4.86. The number of aliphatic hydroxyl groups is 1. The number of benzene rings is 2. The van der Waals surface area contributed by atoms with Crippen LogP contribution in [0.25, 0.3) is 0 Å². The van der Waals surface area contributed by atoms with Crippen molar-refractivity contribution in [2.75, 3.05) is 6.61 Å². The monoisotopic (exact) mass is 476 g/mol. The van der Waals surface area contributed by atoms with Gasteiger partial charge in [0.05, 0.1) is 12.7 Å². The minimum absolute atomic E-state index is 0.0174. The Labute approximate surface area is 198 Å². The molecule has 1 aliphatic heterocycles. The van der Waals surface area contributed by atoms with Gasteiger partial charge in [-0.1, -0.05) is 24.3 Å². The van der Waals surface area contributed by atoms with Gasteiger partial charge in [-0.25, -0.2) is 17.6 Å². The topological polar surface area (TPSA) is 32.8 Å². The fourth-order valence-electron chi connectivity index (χ4n) is 6.21. The van der Waals surface area contributed by atoms with E-state index in [0.29, 0.717) is 49.0 Å². The standard InChI is InChI=1S/C28H32F4O2/c1-15(33)16-2-4-17(5-3-16)20-10-11-21(26(30)25(20)29)18-6-8-19(9-7-18)22-12-13-23(24-14-34-24)28(32)27(22)31/h10-13,15-19,24,33H,2-9,14H2,1H3. The summed E-state index contributed by atoms with van der Waals surface area (Å²) in [6, 6.07) is 6.73. The highest BCUT2D eigenvalue weighted by molar-refractivity contribution is 5.34. The summed E-state index contributed by atoms with van der Waals surface area (Å²) in [4.78, 5) is 0. The molecule has 0 radical (unpaired) electrons. The van der Waals surface area contributed by atoms with Gasteiger partial charge in [0.1, 0.15) is 6.10 Å². The quantitative estimate of drug-likeness (QED) is 0.360. The van der Waals surface area contributed by atoms with Crippen molar-refractivity contribution < 1.29 is 27.4 Å². The lowest BCUT2D eigenvalue weighted by Gasteiger charge is -2.32. The smallest absolute Gasteiger partial charge is 0.165 e. The molecule has 2 nitrogen and oxygen atoms in total. The lowest BCUT2D eigenvalue weighted by atomic mass is 9.74. The minimum atomic E-state index is -0.826. The molecule has 2 unspecified atom stereocenters. The van der Waals surface area contributed by atoms with Crippen LogP contribution >= 0.6 is 0 Å². The van der Waals surface area contributed by atoms with Crippen LogP contribution in [-0.4, -0.2) is 17.8 Å². The molecule has 1 N–H and O–H groups in total. The maximum absolute atomic E-state index is 15.1. The number of aliphatic hydroxyl groups excluding tert-OH is 1.